The van der Waals surface area contributed by atoms with Crippen molar-refractivity contribution in [2.24, 2.45) is 7.05 Å². The number of benzene rings is 3. The van der Waals surface area contributed by atoms with Gasteiger partial charge in [-0.2, -0.15) is 0 Å². The fourth-order valence-electron chi connectivity index (χ4n) is 4.48. The molecule has 0 amide bonds. The van der Waals surface area contributed by atoms with Crippen molar-refractivity contribution in [2.45, 2.75) is 13.0 Å². The summed E-state index contributed by atoms with van der Waals surface area (Å²) in [5.41, 5.74) is 6.76. The van der Waals surface area contributed by atoms with Crippen molar-refractivity contribution in [3.63, 3.8) is 0 Å². The number of hydrogen-bond donors (Lipinski definition) is 1. The Bertz CT molecular complexity index is 1340. The summed E-state index contributed by atoms with van der Waals surface area (Å²) in [7, 11) is 2.14. The molecule has 0 saturated heterocycles. The summed E-state index contributed by atoms with van der Waals surface area (Å²) in [6, 6.07) is 33.2. The van der Waals surface area contributed by atoms with E-state index in [1.54, 1.807) is 0 Å². The summed E-state index contributed by atoms with van der Waals surface area (Å²) in [6.45, 7) is 2.65. The molecule has 164 valence electrons. The van der Waals surface area contributed by atoms with Gasteiger partial charge in [-0.1, -0.05) is 54.6 Å². The molecule has 0 fully saturated rings. The van der Waals surface area contributed by atoms with Gasteiger partial charge in [-0.15, -0.1) is 0 Å². The Balaban J connectivity index is 1.71. The molecule has 5 aromatic rings. The minimum atomic E-state index is -0.134. The predicted octanol–water partition coefficient (Wildman–Crippen LogP) is 6.84. The predicted molar refractivity (Wildman–Crippen MR) is 136 cm³/mol. The molecule has 1 atom stereocenters. The van der Waals surface area contributed by atoms with E-state index in [9.17, 15) is 0 Å². The van der Waals surface area contributed by atoms with Crippen LogP contribution in [0.15, 0.2) is 103 Å². The first-order valence-corrected chi connectivity index (χ1v) is 11.3. The standard InChI is InChI=1S/C29H27N3O/c1-3-33-23-18-16-22(17-19-23)31-28(25-14-9-10-20-30-25)27-24-13-7-8-15-26(24)32(2)29(27)21-11-5-4-6-12-21/h4-20,28,31H,3H2,1-2H3/t28-/m0/s1. The number of nitrogens with zero attached hydrogens (tertiary/aromatic N) is 2. The number of aryl methyl sites for hydroxylation is 1. The third-order valence-corrected chi connectivity index (χ3v) is 5.94. The van der Waals surface area contributed by atoms with Crippen molar-refractivity contribution in [2.75, 3.05) is 11.9 Å². The summed E-state index contributed by atoms with van der Waals surface area (Å²) >= 11 is 0. The maximum Gasteiger partial charge on any atom is 0.119 e. The number of hydrogen-bond acceptors (Lipinski definition) is 3. The quantitative estimate of drug-likeness (QED) is 0.305. The Morgan fingerprint density at radius 1 is 0.848 bits per heavy atom. The van der Waals surface area contributed by atoms with Gasteiger partial charge in [0.2, 0.25) is 0 Å². The van der Waals surface area contributed by atoms with Crippen molar-refractivity contribution in [3.05, 3.63) is 115 Å². The van der Waals surface area contributed by atoms with E-state index in [4.69, 9.17) is 9.72 Å². The number of para-hydroxylation sites is 1. The molecule has 0 aliphatic rings. The minimum absolute atomic E-state index is 0.134. The topological polar surface area (TPSA) is 39.1 Å². The third kappa shape index (κ3) is 4.08. The van der Waals surface area contributed by atoms with E-state index in [1.807, 2.05) is 37.4 Å². The Morgan fingerprint density at radius 3 is 2.30 bits per heavy atom. The van der Waals surface area contributed by atoms with E-state index in [-0.39, 0.29) is 6.04 Å². The maximum absolute atomic E-state index is 5.63. The number of anilines is 1. The molecule has 0 saturated carbocycles. The Labute approximate surface area is 194 Å². The van der Waals surface area contributed by atoms with Gasteiger partial charge in [-0.3, -0.25) is 4.98 Å². The molecule has 0 spiro atoms. The number of ether oxygens (including phenoxy) is 1. The van der Waals surface area contributed by atoms with Crippen LogP contribution >= 0.6 is 0 Å². The largest absolute Gasteiger partial charge is 0.494 e. The lowest BCUT2D eigenvalue weighted by molar-refractivity contribution is 0.340. The minimum Gasteiger partial charge on any atom is -0.494 e. The summed E-state index contributed by atoms with van der Waals surface area (Å²) in [4.78, 5) is 4.75. The van der Waals surface area contributed by atoms with E-state index in [1.165, 1.54) is 27.7 Å². The van der Waals surface area contributed by atoms with E-state index < -0.39 is 0 Å². The molecule has 33 heavy (non-hydrogen) atoms. The fourth-order valence-corrected chi connectivity index (χ4v) is 4.48. The van der Waals surface area contributed by atoms with Crippen LogP contribution in [0.25, 0.3) is 22.2 Å². The highest BCUT2D eigenvalue weighted by Crippen LogP contribution is 2.40. The Hall–Kier alpha value is -4.05. The van der Waals surface area contributed by atoms with Crippen LogP contribution in [0.2, 0.25) is 0 Å². The molecule has 1 N–H and O–H groups in total. The van der Waals surface area contributed by atoms with Gasteiger partial charge in [0, 0.05) is 35.4 Å². The van der Waals surface area contributed by atoms with Gasteiger partial charge in [0.1, 0.15) is 5.75 Å². The van der Waals surface area contributed by atoms with E-state index in [0.29, 0.717) is 6.61 Å². The van der Waals surface area contributed by atoms with Crippen molar-refractivity contribution in [1.29, 1.82) is 0 Å². The first-order chi connectivity index (χ1) is 16.3. The highest BCUT2D eigenvalue weighted by Gasteiger charge is 2.26. The lowest BCUT2D eigenvalue weighted by Gasteiger charge is -2.22. The molecule has 0 aliphatic carbocycles. The van der Waals surface area contributed by atoms with Crippen LogP contribution in [0.1, 0.15) is 24.2 Å². The maximum atomic E-state index is 5.63. The van der Waals surface area contributed by atoms with Crippen LogP contribution < -0.4 is 10.1 Å². The van der Waals surface area contributed by atoms with Gasteiger partial charge in [-0.25, -0.2) is 0 Å². The number of nitrogens with one attached hydrogen (secondary N) is 1. The molecule has 0 aliphatic heterocycles. The molecule has 3 aromatic carbocycles. The Morgan fingerprint density at radius 2 is 1.58 bits per heavy atom. The first-order valence-electron chi connectivity index (χ1n) is 11.3. The molecule has 0 bridgehead atoms. The second kappa shape index (κ2) is 9.21. The number of fused-ring (bicyclic) bond motifs is 1. The third-order valence-electron chi connectivity index (χ3n) is 5.94. The normalized spacial score (nSPS) is 11.9. The number of rotatable bonds is 7. The molecule has 0 unspecified atom stereocenters. The molecule has 4 nitrogen and oxygen atoms in total. The van der Waals surface area contributed by atoms with Crippen LogP contribution in [0.5, 0.6) is 5.75 Å². The number of pyridine rings is 1. The zero-order valence-corrected chi connectivity index (χ0v) is 18.9. The van der Waals surface area contributed by atoms with Crippen molar-refractivity contribution in [3.8, 4) is 17.0 Å². The average molecular weight is 434 g/mol. The van der Waals surface area contributed by atoms with Gasteiger partial charge in [0.05, 0.1) is 24.0 Å². The van der Waals surface area contributed by atoms with Gasteiger partial charge in [-0.05, 0) is 55.0 Å². The SMILES string of the molecule is CCOc1ccc(N[C@@H](c2ccccn2)c2c(-c3ccccc3)n(C)c3ccccc23)cc1. The van der Waals surface area contributed by atoms with E-state index in [0.717, 1.165) is 17.1 Å². The molecular formula is C29H27N3O. The van der Waals surface area contributed by atoms with Crippen molar-refractivity contribution in [1.82, 2.24) is 9.55 Å². The summed E-state index contributed by atoms with van der Waals surface area (Å²) in [5.74, 6) is 0.868. The van der Waals surface area contributed by atoms with Crippen molar-refractivity contribution >= 4 is 16.6 Å². The molecule has 2 heterocycles. The number of aromatic nitrogens is 2. The van der Waals surface area contributed by atoms with Gasteiger partial charge in [0.15, 0.2) is 0 Å². The van der Waals surface area contributed by atoms with Gasteiger partial charge < -0.3 is 14.6 Å². The summed E-state index contributed by atoms with van der Waals surface area (Å²) in [5, 5.41) is 4.98. The monoisotopic (exact) mass is 433 g/mol. The second-order valence-electron chi connectivity index (χ2n) is 7.99. The Kier molecular flexibility index (Phi) is 5.81. The zero-order valence-electron chi connectivity index (χ0n) is 18.9. The first kappa shape index (κ1) is 20.8. The zero-order chi connectivity index (χ0) is 22.6. The molecule has 0 radical (unpaired) electrons. The summed E-state index contributed by atoms with van der Waals surface area (Å²) < 4.78 is 7.92. The van der Waals surface area contributed by atoms with E-state index in [2.05, 4.69) is 89.7 Å². The van der Waals surface area contributed by atoms with Crippen molar-refractivity contribution < 1.29 is 4.74 Å². The van der Waals surface area contributed by atoms with Crippen LogP contribution in [0.3, 0.4) is 0 Å². The van der Waals surface area contributed by atoms with Crippen LogP contribution in [-0.2, 0) is 7.05 Å². The molecular weight excluding hydrogens is 406 g/mol. The summed E-state index contributed by atoms with van der Waals surface area (Å²) in [6.07, 6.45) is 1.86. The highest BCUT2D eigenvalue weighted by atomic mass is 16.5. The lowest BCUT2D eigenvalue weighted by Crippen LogP contribution is -2.15. The van der Waals surface area contributed by atoms with Crippen LogP contribution in [-0.4, -0.2) is 16.2 Å². The fraction of sp³-hybridized carbons (Fsp3) is 0.138. The average Bonchev–Trinajstić information content (AvgIpc) is 3.17. The van der Waals surface area contributed by atoms with Crippen LogP contribution in [0.4, 0.5) is 5.69 Å². The lowest BCUT2D eigenvalue weighted by atomic mass is 9.95. The second-order valence-corrected chi connectivity index (χ2v) is 7.99. The highest BCUT2D eigenvalue weighted by molar-refractivity contribution is 5.93. The molecule has 5 rings (SSSR count). The van der Waals surface area contributed by atoms with Gasteiger partial charge in [0.25, 0.3) is 0 Å². The van der Waals surface area contributed by atoms with Gasteiger partial charge >= 0.3 is 0 Å². The smallest absolute Gasteiger partial charge is 0.119 e. The van der Waals surface area contributed by atoms with Crippen LogP contribution in [0, 0.1) is 0 Å². The molecule has 2 aromatic heterocycles. The van der Waals surface area contributed by atoms with E-state index >= 15 is 0 Å². The molecule has 4 heteroatoms.